The van der Waals surface area contributed by atoms with E-state index < -0.39 is 15.8 Å². The molecule has 0 unspecified atom stereocenters. The highest BCUT2D eigenvalue weighted by Crippen LogP contribution is 2.20. The Morgan fingerprint density at radius 1 is 1.39 bits per heavy atom. The predicted octanol–water partition coefficient (Wildman–Crippen LogP) is 1.74. The van der Waals surface area contributed by atoms with Crippen LogP contribution >= 0.6 is 0 Å². The van der Waals surface area contributed by atoms with E-state index in [2.05, 4.69) is 11.8 Å². The standard InChI is InChI=1S/C13H14O4S/c1-3-5-8-18(16,17)12-9-11(13(14)15)7-6-10(12)4-2/h6-7,9H,4,8H2,1-2H3,(H,14,15). The zero-order valence-corrected chi connectivity index (χ0v) is 11.0. The summed E-state index contributed by atoms with van der Waals surface area (Å²) >= 11 is 0. The number of aromatic carboxylic acids is 1. The molecule has 4 nitrogen and oxygen atoms in total. The summed E-state index contributed by atoms with van der Waals surface area (Å²) in [7, 11) is -3.56. The molecule has 0 aliphatic heterocycles. The molecule has 0 atom stereocenters. The number of aryl methyl sites for hydroxylation is 1. The second kappa shape index (κ2) is 5.69. The quantitative estimate of drug-likeness (QED) is 0.843. The van der Waals surface area contributed by atoms with Gasteiger partial charge in [-0.15, -0.1) is 5.92 Å². The van der Waals surface area contributed by atoms with Crippen LogP contribution in [0.4, 0.5) is 0 Å². The first kappa shape index (κ1) is 14.3. The fourth-order valence-electron chi connectivity index (χ4n) is 1.51. The third-order valence-electron chi connectivity index (χ3n) is 2.47. The van der Waals surface area contributed by atoms with Crippen LogP contribution in [0.15, 0.2) is 23.1 Å². The maximum atomic E-state index is 12.1. The number of sulfone groups is 1. The number of rotatable bonds is 4. The third kappa shape index (κ3) is 3.11. The molecule has 0 aliphatic carbocycles. The average Bonchev–Trinajstić information content (AvgIpc) is 2.35. The largest absolute Gasteiger partial charge is 0.478 e. The summed E-state index contributed by atoms with van der Waals surface area (Å²) in [6, 6.07) is 4.15. The Morgan fingerprint density at radius 3 is 2.56 bits per heavy atom. The van der Waals surface area contributed by atoms with E-state index >= 15 is 0 Å². The van der Waals surface area contributed by atoms with Gasteiger partial charge in [0.15, 0.2) is 9.84 Å². The molecule has 1 aromatic carbocycles. The molecular weight excluding hydrogens is 252 g/mol. The molecule has 0 saturated carbocycles. The number of carboxylic acid groups (broad SMARTS) is 1. The van der Waals surface area contributed by atoms with Crippen LogP contribution in [-0.4, -0.2) is 25.2 Å². The van der Waals surface area contributed by atoms with Gasteiger partial charge in [-0.1, -0.05) is 18.9 Å². The fraction of sp³-hybridized carbons (Fsp3) is 0.308. The van der Waals surface area contributed by atoms with Crippen LogP contribution in [0.2, 0.25) is 0 Å². The van der Waals surface area contributed by atoms with Crippen molar-refractivity contribution in [2.75, 3.05) is 5.75 Å². The predicted molar refractivity (Wildman–Crippen MR) is 68.3 cm³/mol. The highest BCUT2D eigenvalue weighted by molar-refractivity contribution is 7.91. The number of hydrogen-bond acceptors (Lipinski definition) is 3. The molecule has 0 fully saturated rings. The minimum Gasteiger partial charge on any atom is -0.478 e. The molecule has 0 bridgehead atoms. The first-order valence-electron chi connectivity index (χ1n) is 5.41. The summed E-state index contributed by atoms with van der Waals surface area (Å²) in [5.74, 6) is 3.59. The Labute approximate surface area is 107 Å². The van der Waals surface area contributed by atoms with Gasteiger partial charge >= 0.3 is 5.97 Å². The smallest absolute Gasteiger partial charge is 0.335 e. The minimum atomic E-state index is -3.56. The van der Waals surface area contributed by atoms with E-state index in [0.29, 0.717) is 12.0 Å². The van der Waals surface area contributed by atoms with Crippen LogP contribution < -0.4 is 0 Å². The highest BCUT2D eigenvalue weighted by atomic mass is 32.2. The molecule has 0 aromatic heterocycles. The lowest BCUT2D eigenvalue weighted by molar-refractivity contribution is 0.0696. The zero-order valence-electron chi connectivity index (χ0n) is 10.2. The maximum Gasteiger partial charge on any atom is 0.335 e. The Hall–Kier alpha value is -1.80. The first-order chi connectivity index (χ1) is 8.42. The molecule has 0 amide bonds. The first-order valence-corrected chi connectivity index (χ1v) is 7.06. The van der Waals surface area contributed by atoms with E-state index in [4.69, 9.17) is 5.11 Å². The Kier molecular flexibility index (Phi) is 4.51. The van der Waals surface area contributed by atoms with Crippen molar-refractivity contribution in [3.05, 3.63) is 29.3 Å². The Bertz CT molecular complexity index is 618. The van der Waals surface area contributed by atoms with Gasteiger partial charge < -0.3 is 5.11 Å². The molecule has 1 rings (SSSR count). The zero-order chi connectivity index (χ0) is 13.8. The second-order valence-corrected chi connectivity index (χ2v) is 5.63. The molecule has 96 valence electrons. The van der Waals surface area contributed by atoms with E-state index in [1.54, 1.807) is 6.92 Å². The minimum absolute atomic E-state index is 0.0322. The number of benzene rings is 1. The van der Waals surface area contributed by atoms with Crippen molar-refractivity contribution >= 4 is 15.8 Å². The topological polar surface area (TPSA) is 71.4 Å². The lowest BCUT2D eigenvalue weighted by Crippen LogP contribution is -2.10. The summed E-state index contributed by atoms with van der Waals surface area (Å²) in [4.78, 5) is 10.9. The van der Waals surface area contributed by atoms with Crippen LogP contribution in [0.25, 0.3) is 0 Å². The van der Waals surface area contributed by atoms with Crippen LogP contribution in [-0.2, 0) is 16.3 Å². The van der Waals surface area contributed by atoms with Gasteiger partial charge in [-0.3, -0.25) is 0 Å². The van der Waals surface area contributed by atoms with Crippen molar-refractivity contribution in [3.8, 4) is 11.8 Å². The lowest BCUT2D eigenvalue weighted by Gasteiger charge is -2.08. The monoisotopic (exact) mass is 266 g/mol. The third-order valence-corrected chi connectivity index (χ3v) is 4.04. The summed E-state index contributed by atoms with van der Waals surface area (Å²) in [5, 5.41) is 8.89. The molecule has 0 aliphatic rings. The average molecular weight is 266 g/mol. The van der Waals surface area contributed by atoms with Crippen LogP contribution in [0.3, 0.4) is 0 Å². The SMILES string of the molecule is CC#CCS(=O)(=O)c1cc(C(=O)O)ccc1CC. The molecule has 0 saturated heterocycles. The van der Waals surface area contributed by atoms with Gasteiger partial charge in [0, 0.05) is 0 Å². The van der Waals surface area contributed by atoms with Crippen molar-refractivity contribution in [2.45, 2.75) is 25.2 Å². The number of carboxylic acids is 1. The molecule has 0 radical (unpaired) electrons. The van der Waals surface area contributed by atoms with E-state index in [1.165, 1.54) is 18.2 Å². The van der Waals surface area contributed by atoms with Crippen LogP contribution in [0.5, 0.6) is 0 Å². The number of hydrogen-bond donors (Lipinski definition) is 1. The fourth-order valence-corrected chi connectivity index (χ4v) is 2.92. The summed E-state index contributed by atoms with van der Waals surface area (Å²) in [5.41, 5.74) is 0.577. The van der Waals surface area contributed by atoms with E-state index in [1.807, 2.05) is 6.92 Å². The molecule has 1 aromatic rings. The summed E-state index contributed by atoms with van der Waals surface area (Å²) in [6.45, 7) is 3.38. The van der Waals surface area contributed by atoms with Crippen molar-refractivity contribution in [3.63, 3.8) is 0 Å². The summed E-state index contributed by atoms with van der Waals surface area (Å²) < 4.78 is 24.1. The molecule has 0 heterocycles. The molecule has 5 heteroatoms. The van der Waals surface area contributed by atoms with Crippen molar-refractivity contribution in [2.24, 2.45) is 0 Å². The molecule has 1 N–H and O–H groups in total. The normalized spacial score (nSPS) is 10.6. The van der Waals surface area contributed by atoms with Gasteiger partial charge in [0.05, 0.1) is 10.5 Å². The molecular formula is C13H14O4S. The Morgan fingerprint density at radius 2 is 2.06 bits per heavy atom. The summed E-state index contributed by atoms with van der Waals surface area (Å²) in [6.07, 6.45) is 0.522. The van der Waals surface area contributed by atoms with Gasteiger partial charge in [0.1, 0.15) is 5.75 Å². The highest BCUT2D eigenvalue weighted by Gasteiger charge is 2.19. The van der Waals surface area contributed by atoms with Gasteiger partial charge in [-0.2, -0.15) is 0 Å². The van der Waals surface area contributed by atoms with Gasteiger partial charge in [-0.25, -0.2) is 13.2 Å². The number of carbonyl (C=O) groups is 1. The Balaban J connectivity index is 3.39. The van der Waals surface area contributed by atoms with Gasteiger partial charge in [0.25, 0.3) is 0 Å². The van der Waals surface area contributed by atoms with E-state index in [0.717, 1.165) is 0 Å². The second-order valence-electron chi connectivity index (χ2n) is 3.67. The van der Waals surface area contributed by atoms with Crippen molar-refractivity contribution in [1.82, 2.24) is 0 Å². The van der Waals surface area contributed by atoms with Crippen molar-refractivity contribution in [1.29, 1.82) is 0 Å². The molecule has 18 heavy (non-hydrogen) atoms. The van der Waals surface area contributed by atoms with Crippen LogP contribution in [0, 0.1) is 11.8 Å². The van der Waals surface area contributed by atoms with E-state index in [-0.39, 0.29) is 16.2 Å². The van der Waals surface area contributed by atoms with Gasteiger partial charge in [-0.05, 0) is 31.0 Å². The van der Waals surface area contributed by atoms with Crippen molar-refractivity contribution < 1.29 is 18.3 Å². The lowest BCUT2D eigenvalue weighted by atomic mass is 10.1. The molecule has 0 spiro atoms. The van der Waals surface area contributed by atoms with E-state index in [9.17, 15) is 13.2 Å². The maximum absolute atomic E-state index is 12.1. The van der Waals surface area contributed by atoms with Gasteiger partial charge in [0.2, 0.25) is 0 Å². The van der Waals surface area contributed by atoms with Crippen LogP contribution in [0.1, 0.15) is 29.8 Å².